The van der Waals surface area contributed by atoms with Crippen molar-refractivity contribution >= 4 is 11.8 Å². The van der Waals surface area contributed by atoms with Gasteiger partial charge in [-0.05, 0) is 18.6 Å². The van der Waals surface area contributed by atoms with Crippen molar-refractivity contribution in [3.8, 4) is 0 Å². The SMILES string of the molecule is Cc1cccc(C(=O)C(CC(=O)O)c2ccccc2)c1. The molecule has 2 aromatic carbocycles. The van der Waals surface area contributed by atoms with E-state index in [0.717, 1.165) is 11.1 Å². The van der Waals surface area contributed by atoms with Gasteiger partial charge in [0.2, 0.25) is 0 Å². The molecule has 3 nitrogen and oxygen atoms in total. The molecule has 0 bridgehead atoms. The summed E-state index contributed by atoms with van der Waals surface area (Å²) in [5.41, 5.74) is 2.28. The van der Waals surface area contributed by atoms with Gasteiger partial charge in [0.25, 0.3) is 0 Å². The van der Waals surface area contributed by atoms with E-state index < -0.39 is 11.9 Å². The fourth-order valence-electron chi connectivity index (χ4n) is 2.22. The van der Waals surface area contributed by atoms with Crippen LogP contribution in [0.5, 0.6) is 0 Å². The van der Waals surface area contributed by atoms with Crippen LogP contribution in [0, 0.1) is 6.92 Å². The number of benzene rings is 2. The third kappa shape index (κ3) is 3.32. The van der Waals surface area contributed by atoms with Gasteiger partial charge in [0.15, 0.2) is 5.78 Å². The Morgan fingerprint density at radius 2 is 1.75 bits per heavy atom. The summed E-state index contributed by atoms with van der Waals surface area (Å²) in [7, 11) is 0. The second kappa shape index (κ2) is 6.15. The largest absolute Gasteiger partial charge is 0.481 e. The maximum absolute atomic E-state index is 12.6. The van der Waals surface area contributed by atoms with E-state index in [-0.39, 0.29) is 12.2 Å². The van der Waals surface area contributed by atoms with Gasteiger partial charge in [-0.25, -0.2) is 0 Å². The molecule has 1 unspecified atom stereocenters. The van der Waals surface area contributed by atoms with Crippen LogP contribution in [0.15, 0.2) is 54.6 Å². The highest BCUT2D eigenvalue weighted by atomic mass is 16.4. The van der Waals surface area contributed by atoms with Crippen LogP contribution in [-0.2, 0) is 4.79 Å². The topological polar surface area (TPSA) is 54.4 Å². The quantitative estimate of drug-likeness (QED) is 0.845. The molecule has 0 aliphatic heterocycles. The zero-order valence-electron chi connectivity index (χ0n) is 11.2. The predicted molar refractivity (Wildman–Crippen MR) is 76.9 cm³/mol. The normalized spacial score (nSPS) is 11.8. The molecule has 2 aromatic rings. The minimum Gasteiger partial charge on any atom is -0.481 e. The van der Waals surface area contributed by atoms with Gasteiger partial charge < -0.3 is 5.11 Å². The Labute approximate surface area is 117 Å². The highest BCUT2D eigenvalue weighted by Gasteiger charge is 2.24. The molecule has 3 heteroatoms. The third-order valence-corrected chi connectivity index (χ3v) is 3.20. The van der Waals surface area contributed by atoms with E-state index in [1.165, 1.54) is 0 Å². The van der Waals surface area contributed by atoms with Crippen molar-refractivity contribution in [2.75, 3.05) is 0 Å². The van der Waals surface area contributed by atoms with E-state index in [0.29, 0.717) is 5.56 Å². The van der Waals surface area contributed by atoms with Gasteiger partial charge in [-0.3, -0.25) is 9.59 Å². The van der Waals surface area contributed by atoms with Crippen molar-refractivity contribution in [1.29, 1.82) is 0 Å². The molecule has 0 aromatic heterocycles. The molecule has 0 aliphatic rings. The van der Waals surface area contributed by atoms with E-state index in [1.807, 2.05) is 37.3 Å². The summed E-state index contributed by atoms with van der Waals surface area (Å²) in [6, 6.07) is 16.3. The zero-order chi connectivity index (χ0) is 14.5. The number of carboxylic acids is 1. The summed E-state index contributed by atoms with van der Waals surface area (Å²) in [6.07, 6.45) is -0.198. The maximum atomic E-state index is 12.6. The van der Waals surface area contributed by atoms with Crippen LogP contribution in [0.4, 0.5) is 0 Å². The number of aryl methyl sites for hydroxylation is 1. The summed E-state index contributed by atoms with van der Waals surface area (Å²) >= 11 is 0. The Kier molecular flexibility index (Phi) is 4.31. The smallest absolute Gasteiger partial charge is 0.304 e. The van der Waals surface area contributed by atoms with Gasteiger partial charge in [0.1, 0.15) is 0 Å². The molecular weight excluding hydrogens is 252 g/mol. The van der Waals surface area contributed by atoms with Crippen molar-refractivity contribution in [3.05, 3.63) is 71.3 Å². The Hall–Kier alpha value is -2.42. The van der Waals surface area contributed by atoms with Crippen molar-refractivity contribution in [2.24, 2.45) is 0 Å². The second-order valence-electron chi connectivity index (χ2n) is 4.79. The Balaban J connectivity index is 2.36. The second-order valence-corrected chi connectivity index (χ2v) is 4.79. The van der Waals surface area contributed by atoms with Crippen LogP contribution < -0.4 is 0 Å². The van der Waals surface area contributed by atoms with Crippen LogP contribution >= 0.6 is 0 Å². The van der Waals surface area contributed by atoms with Gasteiger partial charge in [-0.1, -0.05) is 54.1 Å². The summed E-state index contributed by atoms with van der Waals surface area (Å²) in [4.78, 5) is 23.6. The zero-order valence-corrected chi connectivity index (χ0v) is 11.2. The van der Waals surface area contributed by atoms with Gasteiger partial charge >= 0.3 is 5.97 Å². The molecule has 102 valence electrons. The number of Topliss-reactive ketones (excluding diaryl/α,β-unsaturated/α-hetero) is 1. The highest BCUT2D eigenvalue weighted by molar-refractivity contribution is 6.02. The van der Waals surface area contributed by atoms with E-state index in [4.69, 9.17) is 5.11 Å². The molecule has 0 saturated carbocycles. The van der Waals surface area contributed by atoms with E-state index in [9.17, 15) is 9.59 Å². The van der Waals surface area contributed by atoms with Crippen molar-refractivity contribution < 1.29 is 14.7 Å². The van der Waals surface area contributed by atoms with Gasteiger partial charge in [0, 0.05) is 5.56 Å². The standard InChI is InChI=1S/C17H16O3/c1-12-6-5-9-14(10-12)17(20)15(11-16(18)19)13-7-3-2-4-8-13/h2-10,15H,11H2,1H3,(H,18,19). The lowest BCUT2D eigenvalue weighted by atomic mass is 9.88. The number of aliphatic carboxylic acids is 1. The fraction of sp³-hybridized carbons (Fsp3) is 0.176. The molecule has 0 saturated heterocycles. The molecule has 20 heavy (non-hydrogen) atoms. The van der Waals surface area contributed by atoms with E-state index >= 15 is 0 Å². The molecule has 0 spiro atoms. The number of carboxylic acid groups (broad SMARTS) is 1. The maximum Gasteiger partial charge on any atom is 0.304 e. The number of hydrogen-bond donors (Lipinski definition) is 1. The summed E-state index contributed by atoms with van der Waals surface area (Å²) in [5.74, 6) is -1.77. The molecular formula is C17H16O3. The Morgan fingerprint density at radius 3 is 2.35 bits per heavy atom. The number of rotatable bonds is 5. The Bertz CT molecular complexity index is 617. The Morgan fingerprint density at radius 1 is 1.05 bits per heavy atom. The average Bonchev–Trinajstić information content (AvgIpc) is 2.45. The predicted octanol–water partition coefficient (Wildman–Crippen LogP) is 3.44. The van der Waals surface area contributed by atoms with Crippen LogP contribution in [0.2, 0.25) is 0 Å². The number of carbonyl (C=O) groups excluding carboxylic acids is 1. The van der Waals surface area contributed by atoms with Crippen LogP contribution in [-0.4, -0.2) is 16.9 Å². The minimum absolute atomic E-state index is 0.151. The first-order valence-corrected chi connectivity index (χ1v) is 6.45. The molecule has 0 heterocycles. The monoisotopic (exact) mass is 268 g/mol. The summed E-state index contributed by atoms with van der Waals surface area (Å²) < 4.78 is 0. The molecule has 2 rings (SSSR count). The first-order chi connectivity index (χ1) is 9.58. The number of ketones is 1. The highest BCUT2D eigenvalue weighted by Crippen LogP contribution is 2.24. The molecule has 0 radical (unpaired) electrons. The molecule has 1 atom stereocenters. The minimum atomic E-state index is -0.972. The van der Waals surface area contributed by atoms with Crippen LogP contribution in [0.1, 0.15) is 33.8 Å². The van der Waals surface area contributed by atoms with Gasteiger partial charge in [-0.15, -0.1) is 0 Å². The molecule has 0 amide bonds. The van der Waals surface area contributed by atoms with Gasteiger partial charge in [0.05, 0.1) is 12.3 Å². The first-order valence-electron chi connectivity index (χ1n) is 6.45. The summed E-state index contributed by atoms with van der Waals surface area (Å²) in [6.45, 7) is 1.91. The van der Waals surface area contributed by atoms with Crippen molar-refractivity contribution in [3.63, 3.8) is 0 Å². The lowest BCUT2D eigenvalue weighted by Crippen LogP contribution is -2.17. The lowest BCUT2D eigenvalue weighted by molar-refractivity contribution is -0.137. The summed E-state index contributed by atoms with van der Waals surface area (Å²) in [5, 5.41) is 9.04. The van der Waals surface area contributed by atoms with Crippen molar-refractivity contribution in [1.82, 2.24) is 0 Å². The molecule has 0 fully saturated rings. The van der Waals surface area contributed by atoms with Crippen LogP contribution in [0.25, 0.3) is 0 Å². The third-order valence-electron chi connectivity index (χ3n) is 3.20. The van der Waals surface area contributed by atoms with Gasteiger partial charge in [-0.2, -0.15) is 0 Å². The molecule has 1 N–H and O–H groups in total. The van der Waals surface area contributed by atoms with E-state index in [1.54, 1.807) is 24.3 Å². The number of carbonyl (C=O) groups is 2. The van der Waals surface area contributed by atoms with Crippen LogP contribution in [0.3, 0.4) is 0 Å². The molecule has 0 aliphatic carbocycles. The van der Waals surface area contributed by atoms with E-state index in [2.05, 4.69) is 0 Å². The lowest BCUT2D eigenvalue weighted by Gasteiger charge is -2.14. The number of hydrogen-bond acceptors (Lipinski definition) is 2. The first kappa shape index (κ1) is 14.0. The van der Waals surface area contributed by atoms with Crippen molar-refractivity contribution in [2.45, 2.75) is 19.3 Å². The average molecular weight is 268 g/mol. The fourth-order valence-corrected chi connectivity index (χ4v) is 2.22.